The number of hydrogen-bond acceptors (Lipinski definition) is 3. The molecule has 1 unspecified atom stereocenters. The molecule has 1 amide bonds. The normalized spacial score (nSPS) is 21.1. The van der Waals surface area contributed by atoms with Crippen molar-refractivity contribution in [2.24, 2.45) is 5.92 Å². The van der Waals surface area contributed by atoms with E-state index in [2.05, 4.69) is 11.8 Å². The lowest BCUT2D eigenvalue weighted by molar-refractivity contribution is 0.0564. The van der Waals surface area contributed by atoms with Crippen LogP contribution in [0.4, 0.5) is 0 Å². The van der Waals surface area contributed by atoms with Crippen molar-refractivity contribution >= 4 is 5.91 Å². The number of piperazine rings is 1. The molecule has 1 aromatic rings. The van der Waals surface area contributed by atoms with Crippen LogP contribution >= 0.6 is 0 Å². The molecule has 1 aliphatic heterocycles. The van der Waals surface area contributed by atoms with Crippen molar-refractivity contribution in [1.29, 1.82) is 0 Å². The van der Waals surface area contributed by atoms with Gasteiger partial charge in [-0.1, -0.05) is 0 Å². The fourth-order valence-corrected chi connectivity index (χ4v) is 3.13. The maximum absolute atomic E-state index is 12.5. The van der Waals surface area contributed by atoms with Gasteiger partial charge in [0, 0.05) is 37.8 Å². The molecule has 0 N–H and O–H groups in total. The van der Waals surface area contributed by atoms with Gasteiger partial charge < -0.3 is 9.64 Å². The lowest BCUT2D eigenvalue weighted by Crippen LogP contribution is -2.51. The van der Waals surface area contributed by atoms with E-state index >= 15 is 0 Å². The minimum absolute atomic E-state index is 0.136. The molecule has 1 saturated heterocycles. The molecule has 1 aromatic carbocycles. The minimum atomic E-state index is 0.136. The summed E-state index contributed by atoms with van der Waals surface area (Å²) in [5.41, 5.74) is 0.750. The first-order valence-corrected chi connectivity index (χ1v) is 7.86. The smallest absolute Gasteiger partial charge is 0.253 e. The van der Waals surface area contributed by atoms with Gasteiger partial charge in [-0.3, -0.25) is 9.69 Å². The number of carbonyl (C=O) groups is 1. The molecule has 4 nitrogen and oxygen atoms in total. The zero-order valence-corrected chi connectivity index (χ0v) is 12.9. The highest BCUT2D eigenvalue weighted by Gasteiger charge is 2.34. The summed E-state index contributed by atoms with van der Waals surface area (Å²) in [7, 11) is 1.64. The van der Waals surface area contributed by atoms with Crippen molar-refractivity contribution in [3.8, 4) is 5.75 Å². The number of amides is 1. The third kappa shape index (κ3) is 3.21. The molecule has 0 aromatic heterocycles. The van der Waals surface area contributed by atoms with Crippen LogP contribution in [-0.4, -0.2) is 55.0 Å². The van der Waals surface area contributed by atoms with Gasteiger partial charge in [0.05, 0.1) is 7.11 Å². The molecule has 3 rings (SSSR count). The Morgan fingerprint density at radius 3 is 2.29 bits per heavy atom. The van der Waals surface area contributed by atoms with Gasteiger partial charge in [-0.15, -0.1) is 0 Å². The second-order valence-electron chi connectivity index (χ2n) is 6.13. The maximum atomic E-state index is 12.5. The van der Waals surface area contributed by atoms with E-state index in [0.29, 0.717) is 6.04 Å². The SMILES string of the molecule is COc1ccc(C(=O)N2CCN(C(C)C3CC3)CC2)cc1. The van der Waals surface area contributed by atoms with Crippen LogP contribution < -0.4 is 4.74 Å². The van der Waals surface area contributed by atoms with Crippen LogP contribution in [0.15, 0.2) is 24.3 Å². The average Bonchev–Trinajstić information content (AvgIpc) is 3.39. The first-order valence-electron chi connectivity index (χ1n) is 7.86. The van der Waals surface area contributed by atoms with Crippen molar-refractivity contribution in [3.05, 3.63) is 29.8 Å². The molecule has 1 aliphatic carbocycles. The van der Waals surface area contributed by atoms with Crippen molar-refractivity contribution in [1.82, 2.24) is 9.80 Å². The van der Waals surface area contributed by atoms with Crippen LogP contribution in [-0.2, 0) is 0 Å². The van der Waals surface area contributed by atoms with E-state index in [1.165, 1.54) is 12.8 Å². The summed E-state index contributed by atoms with van der Waals surface area (Å²) in [6, 6.07) is 8.07. The molecule has 1 saturated carbocycles. The highest BCUT2D eigenvalue weighted by molar-refractivity contribution is 5.94. The van der Waals surface area contributed by atoms with Crippen molar-refractivity contribution in [2.75, 3.05) is 33.3 Å². The quantitative estimate of drug-likeness (QED) is 0.852. The predicted molar refractivity (Wildman–Crippen MR) is 82.7 cm³/mol. The van der Waals surface area contributed by atoms with Gasteiger partial charge in [-0.05, 0) is 49.9 Å². The van der Waals surface area contributed by atoms with Gasteiger partial charge in [0.1, 0.15) is 5.75 Å². The summed E-state index contributed by atoms with van der Waals surface area (Å²) in [5.74, 6) is 1.82. The van der Waals surface area contributed by atoms with Crippen LogP contribution in [0.5, 0.6) is 5.75 Å². The standard InChI is InChI=1S/C17H24N2O2/c1-13(14-3-4-14)18-9-11-19(12-10-18)17(20)15-5-7-16(21-2)8-6-15/h5-8,13-14H,3-4,9-12H2,1-2H3. The topological polar surface area (TPSA) is 32.8 Å². The molecule has 21 heavy (non-hydrogen) atoms. The molecular formula is C17H24N2O2. The zero-order valence-electron chi connectivity index (χ0n) is 12.9. The second-order valence-corrected chi connectivity index (χ2v) is 6.13. The Labute approximate surface area is 126 Å². The van der Waals surface area contributed by atoms with Gasteiger partial charge in [0.25, 0.3) is 5.91 Å². The largest absolute Gasteiger partial charge is 0.497 e. The van der Waals surface area contributed by atoms with Gasteiger partial charge in [0.15, 0.2) is 0 Å². The van der Waals surface area contributed by atoms with Crippen molar-refractivity contribution in [3.63, 3.8) is 0 Å². The summed E-state index contributed by atoms with van der Waals surface area (Å²) in [6.07, 6.45) is 2.76. The summed E-state index contributed by atoms with van der Waals surface area (Å²) in [4.78, 5) is 17.0. The number of ether oxygens (including phenoxy) is 1. The molecule has 0 bridgehead atoms. The number of carbonyl (C=O) groups excluding carboxylic acids is 1. The van der Waals surface area contributed by atoms with Crippen LogP contribution in [0.25, 0.3) is 0 Å². The van der Waals surface area contributed by atoms with Gasteiger partial charge in [-0.2, -0.15) is 0 Å². The Morgan fingerprint density at radius 2 is 1.76 bits per heavy atom. The van der Waals surface area contributed by atoms with Crippen LogP contribution in [0, 0.1) is 5.92 Å². The highest BCUT2D eigenvalue weighted by atomic mass is 16.5. The zero-order chi connectivity index (χ0) is 14.8. The molecule has 1 atom stereocenters. The first kappa shape index (κ1) is 14.4. The maximum Gasteiger partial charge on any atom is 0.253 e. The van der Waals surface area contributed by atoms with E-state index in [4.69, 9.17) is 4.74 Å². The van der Waals surface area contributed by atoms with Crippen LogP contribution in [0.1, 0.15) is 30.1 Å². The fourth-order valence-electron chi connectivity index (χ4n) is 3.13. The Bertz CT molecular complexity index is 488. The van der Waals surface area contributed by atoms with Crippen molar-refractivity contribution < 1.29 is 9.53 Å². The number of hydrogen-bond donors (Lipinski definition) is 0. The third-order valence-electron chi connectivity index (χ3n) is 4.82. The molecular weight excluding hydrogens is 264 g/mol. The first-order chi connectivity index (χ1) is 10.2. The number of methoxy groups -OCH3 is 1. The molecule has 0 radical (unpaired) electrons. The van der Waals surface area contributed by atoms with E-state index in [0.717, 1.165) is 43.4 Å². The van der Waals surface area contributed by atoms with E-state index in [1.807, 2.05) is 29.2 Å². The summed E-state index contributed by atoms with van der Waals surface area (Å²) < 4.78 is 5.13. The second kappa shape index (κ2) is 6.06. The molecule has 0 spiro atoms. The Hall–Kier alpha value is -1.55. The van der Waals surface area contributed by atoms with E-state index in [-0.39, 0.29) is 5.91 Å². The number of benzene rings is 1. The van der Waals surface area contributed by atoms with E-state index in [9.17, 15) is 4.79 Å². The monoisotopic (exact) mass is 288 g/mol. The number of nitrogens with zero attached hydrogens (tertiary/aromatic N) is 2. The summed E-state index contributed by atoms with van der Waals surface area (Å²) in [5, 5.41) is 0. The molecule has 1 heterocycles. The summed E-state index contributed by atoms with van der Waals surface area (Å²) in [6.45, 7) is 6.00. The minimum Gasteiger partial charge on any atom is -0.497 e. The third-order valence-corrected chi connectivity index (χ3v) is 4.82. The fraction of sp³-hybridized carbons (Fsp3) is 0.588. The van der Waals surface area contributed by atoms with Gasteiger partial charge in [0.2, 0.25) is 0 Å². The Morgan fingerprint density at radius 1 is 1.14 bits per heavy atom. The van der Waals surface area contributed by atoms with Crippen LogP contribution in [0.3, 0.4) is 0 Å². The van der Waals surface area contributed by atoms with E-state index < -0.39 is 0 Å². The Balaban J connectivity index is 1.56. The lowest BCUT2D eigenvalue weighted by atomic mass is 10.1. The van der Waals surface area contributed by atoms with Gasteiger partial charge in [-0.25, -0.2) is 0 Å². The number of rotatable bonds is 4. The average molecular weight is 288 g/mol. The highest BCUT2D eigenvalue weighted by Crippen LogP contribution is 2.35. The summed E-state index contributed by atoms with van der Waals surface area (Å²) >= 11 is 0. The molecule has 2 aliphatic rings. The predicted octanol–water partition coefficient (Wildman–Crippen LogP) is 2.25. The molecule has 114 valence electrons. The van der Waals surface area contributed by atoms with Crippen molar-refractivity contribution in [2.45, 2.75) is 25.8 Å². The van der Waals surface area contributed by atoms with Gasteiger partial charge >= 0.3 is 0 Å². The van der Waals surface area contributed by atoms with E-state index in [1.54, 1.807) is 7.11 Å². The molecule has 2 fully saturated rings. The lowest BCUT2D eigenvalue weighted by Gasteiger charge is -2.38. The molecule has 4 heteroatoms. The Kier molecular flexibility index (Phi) is 4.15. The van der Waals surface area contributed by atoms with Crippen LogP contribution in [0.2, 0.25) is 0 Å².